The van der Waals surface area contributed by atoms with Crippen molar-refractivity contribution in [2.24, 2.45) is 0 Å². The molecule has 0 spiro atoms. The Morgan fingerprint density at radius 1 is 0.506 bits per heavy atom. The van der Waals surface area contributed by atoms with E-state index in [1.165, 1.54) is 79.9 Å². The molecule has 5 rings (SSSR count). The largest absolute Gasteiger partial charge is 1.00 e. The Bertz CT molecular complexity index is 2940. The number of carboxylic acid groups (broad SMARTS) is 1. The topological polar surface area (TPSA) is 443 Å². The minimum Gasteiger partial charge on any atom is -0.546 e. The van der Waals surface area contributed by atoms with Gasteiger partial charge in [-0.2, -0.15) is 0 Å². The van der Waals surface area contributed by atoms with Crippen LogP contribution in [0.3, 0.4) is 0 Å². The van der Waals surface area contributed by atoms with Crippen LogP contribution < -0.4 is 54.4 Å². The number of carboxylic acids is 1. The molecule has 5 aromatic rings. The van der Waals surface area contributed by atoms with Gasteiger partial charge in [0.15, 0.2) is 44.6 Å². The molecule has 0 fully saturated rings. The fraction of sp³-hybridized carbons (Fsp3) is 0.220. The molecule has 0 aliphatic rings. The van der Waals surface area contributed by atoms with E-state index in [9.17, 15) is 78.6 Å². The summed E-state index contributed by atoms with van der Waals surface area (Å²) < 4.78 is 33.5. The van der Waals surface area contributed by atoms with Crippen molar-refractivity contribution in [3.8, 4) is 28.7 Å². The van der Waals surface area contributed by atoms with E-state index in [0.717, 1.165) is 12.1 Å². The van der Waals surface area contributed by atoms with Gasteiger partial charge in [-0.3, -0.25) is 59.1 Å². The number of benzene rings is 5. The number of aliphatic carboxylic acids is 1. The number of phenolic OH excluding ortho intramolecular Hbond substituents is 1. The van der Waals surface area contributed by atoms with Gasteiger partial charge in [-0.25, -0.2) is 9.59 Å². The van der Waals surface area contributed by atoms with Crippen LogP contribution in [0.2, 0.25) is 0 Å². The Morgan fingerprint density at radius 3 is 1.12 bits per heavy atom. The monoisotopic (exact) mass is 1190 g/mol. The Balaban J connectivity index is 0. The minimum absolute atomic E-state index is 0. The molecule has 5 N–H and O–H groups in total. The summed E-state index contributed by atoms with van der Waals surface area (Å²) in [5, 5.41) is 50.6. The van der Waals surface area contributed by atoms with E-state index in [1.807, 2.05) is 0 Å². The van der Waals surface area contributed by atoms with E-state index in [0.29, 0.717) is 78.3 Å². The van der Waals surface area contributed by atoms with Crippen LogP contribution in [0.25, 0.3) is 0 Å². The number of nitrogens with two attached hydrogens (primary N) is 2. The molecular formula is C50H51BrLiN5O24. The summed E-state index contributed by atoms with van der Waals surface area (Å²) in [6.07, 6.45) is 2.46. The number of rotatable bonds is 22. The van der Waals surface area contributed by atoms with Gasteiger partial charge < -0.3 is 59.6 Å². The number of nitrogens with zero attached hydrogens (tertiary/aromatic N) is 3. The summed E-state index contributed by atoms with van der Waals surface area (Å²) >= 11 is 2.94. The zero-order valence-electron chi connectivity index (χ0n) is 43.7. The second-order valence-electron chi connectivity index (χ2n) is 14.1. The maximum atomic E-state index is 11.0. The Morgan fingerprint density at radius 2 is 0.815 bits per heavy atom. The van der Waals surface area contributed by atoms with Crippen LogP contribution in [-0.2, 0) is 33.4 Å². The van der Waals surface area contributed by atoms with Crippen molar-refractivity contribution in [1.29, 1.82) is 0 Å². The van der Waals surface area contributed by atoms with Crippen molar-refractivity contribution >= 4 is 99.7 Å². The normalized spacial score (nSPS) is 9.25. The SMILES string of the molecule is CCOC(=O)CBr.CCOC(=O)COc1ccc(C=O)c(N)c1.CCOC(=O)COc1ccc(C=O)c([N+](=O)[O-])c1.COc1ccc(C=O)c([N+](=O)[O-])c1.Nc1cc(OCC(=O)[O-])ccc1C=O.O=Cc1ccc(O)cc1[N+](=O)[O-].[Li+]. The number of nitro benzene ring substituents is 3. The number of halogens is 1. The van der Waals surface area contributed by atoms with E-state index < -0.39 is 39.3 Å². The Kier molecular flexibility index (Phi) is 37.4. The van der Waals surface area contributed by atoms with Crippen molar-refractivity contribution in [1.82, 2.24) is 0 Å². The molecule has 5 aromatic carbocycles. The number of aldehydes is 5. The second kappa shape index (κ2) is 41.3. The number of alkyl halides is 1. The first-order valence-corrected chi connectivity index (χ1v) is 23.4. The van der Waals surface area contributed by atoms with Gasteiger partial charge in [0, 0.05) is 34.6 Å². The first kappa shape index (κ1) is 73.3. The molecule has 0 bridgehead atoms. The molecule has 0 radical (unpaired) electrons. The van der Waals surface area contributed by atoms with Crippen molar-refractivity contribution in [2.75, 3.05) is 63.5 Å². The van der Waals surface area contributed by atoms with Crippen LogP contribution in [0.5, 0.6) is 28.7 Å². The van der Waals surface area contributed by atoms with Crippen molar-refractivity contribution < 1.29 is 120 Å². The summed E-state index contributed by atoms with van der Waals surface area (Å²) in [4.78, 5) is 124. The number of esters is 3. The molecule has 0 unspecified atom stereocenters. The van der Waals surface area contributed by atoms with Crippen molar-refractivity contribution in [3.05, 3.63) is 149 Å². The fourth-order valence-corrected chi connectivity index (χ4v) is 5.26. The molecule has 0 aromatic heterocycles. The number of methoxy groups -OCH3 is 1. The number of aromatic hydroxyl groups is 1. The van der Waals surface area contributed by atoms with Crippen LogP contribution in [0.1, 0.15) is 72.6 Å². The van der Waals surface area contributed by atoms with Crippen molar-refractivity contribution in [2.45, 2.75) is 20.8 Å². The van der Waals surface area contributed by atoms with Gasteiger partial charge in [-0.15, -0.1) is 0 Å². The average molecular weight is 1190 g/mol. The number of carbonyl (C=O) groups is 9. The quantitative estimate of drug-likeness (QED) is 0.0130. The smallest absolute Gasteiger partial charge is 0.546 e. The molecule has 31 heteroatoms. The number of nitrogen functional groups attached to an aromatic ring is 2. The molecule has 0 amide bonds. The summed E-state index contributed by atoms with van der Waals surface area (Å²) in [5.41, 5.74) is 11.3. The number of nitro groups is 3. The van der Waals surface area contributed by atoms with Crippen LogP contribution in [-0.4, -0.2) is 127 Å². The van der Waals surface area contributed by atoms with E-state index in [2.05, 4.69) is 30.1 Å². The van der Waals surface area contributed by atoms with E-state index in [4.69, 9.17) is 35.5 Å². The van der Waals surface area contributed by atoms with Crippen LogP contribution in [0.4, 0.5) is 28.4 Å². The van der Waals surface area contributed by atoms with E-state index >= 15 is 0 Å². The maximum Gasteiger partial charge on any atom is 1.00 e. The molecule has 428 valence electrons. The molecule has 0 saturated carbocycles. The Hall–Kier alpha value is -9.79. The van der Waals surface area contributed by atoms with E-state index in [1.54, 1.807) is 26.8 Å². The molecule has 0 aliphatic heterocycles. The number of ether oxygens (including phenoxy) is 7. The van der Waals surface area contributed by atoms with Crippen molar-refractivity contribution in [3.63, 3.8) is 0 Å². The summed E-state index contributed by atoms with van der Waals surface area (Å²) in [7, 11) is 1.40. The molecule has 0 heterocycles. The van der Waals surface area contributed by atoms with Gasteiger partial charge in [0.2, 0.25) is 0 Å². The number of carbonyl (C=O) groups excluding carboxylic acids is 9. The number of phenols is 1. The molecule has 0 atom stereocenters. The summed E-state index contributed by atoms with van der Waals surface area (Å²) in [5.74, 6) is -1.57. The standard InChI is InChI=1S/C11H11NO6.C11H13NO4.C9H9NO4.C8H7NO4.C7H5NO4.C4H7BrO2.Li/c1-2-17-11(14)7-18-9-4-3-8(6-13)10(5-9)12(15)16;1-2-15-11(14)7-16-9-4-3-8(6-13)10(12)5-9;10-8-3-7(14-5-9(12)13)2-1-6(8)4-11;1-13-7-3-2-6(5-10)8(4-7)9(11)12;9-4-5-1-2-6(10)3-7(5)8(11)12;1-2-7-4(6)3-5;/h3-6H,2,7H2,1H3;3-6H,2,7,12H2,1H3;1-4H,5,10H2,(H,12,13);2-5H,1H3;1-4,10H;2-3H2,1H3;/q;;;;;;+1/p-1. The number of hydrogen-bond donors (Lipinski definition) is 3. The van der Waals surface area contributed by atoms with Gasteiger partial charge in [0.05, 0.1) is 82.6 Å². The molecule has 0 saturated heterocycles. The zero-order valence-corrected chi connectivity index (χ0v) is 45.3. The van der Waals surface area contributed by atoms with Gasteiger partial charge in [0.1, 0.15) is 40.7 Å². The third-order valence-corrected chi connectivity index (χ3v) is 9.15. The van der Waals surface area contributed by atoms with E-state index in [-0.39, 0.29) is 101 Å². The first-order chi connectivity index (χ1) is 38.0. The minimum atomic E-state index is -1.32. The predicted molar refractivity (Wildman–Crippen MR) is 281 cm³/mol. The average Bonchev–Trinajstić information content (AvgIpc) is 3.44. The summed E-state index contributed by atoms with van der Waals surface area (Å²) in [6, 6.07) is 20.0. The molecular weight excluding hydrogens is 1140 g/mol. The third-order valence-electron chi connectivity index (χ3n) is 8.69. The van der Waals surface area contributed by atoms with Gasteiger partial charge in [0.25, 0.3) is 17.1 Å². The first-order valence-electron chi connectivity index (χ1n) is 22.3. The fourth-order valence-electron chi connectivity index (χ4n) is 5.10. The van der Waals surface area contributed by atoms with Crippen LogP contribution >= 0.6 is 15.9 Å². The predicted octanol–water partition coefficient (Wildman–Crippen LogP) is 2.06. The number of anilines is 2. The number of hydrogen-bond acceptors (Lipinski definition) is 26. The zero-order chi connectivity index (χ0) is 60.7. The molecule has 29 nitrogen and oxygen atoms in total. The molecule has 81 heavy (non-hydrogen) atoms. The summed E-state index contributed by atoms with van der Waals surface area (Å²) in [6.45, 7) is 5.10. The van der Waals surface area contributed by atoms with Gasteiger partial charge in [-0.05, 0) is 81.4 Å². The second-order valence-corrected chi connectivity index (χ2v) is 14.7. The maximum absolute atomic E-state index is 11.0. The van der Waals surface area contributed by atoms with Gasteiger partial charge >= 0.3 is 36.8 Å². The van der Waals surface area contributed by atoms with Gasteiger partial charge in [-0.1, -0.05) is 15.9 Å². The third kappa shape index (κ3) is 29.5. The molecule has 0 aliphatic carbocycles. The van der Waals surface area contributed by atoms with Crippen LogP contribution in [0, 0.1) is 30.3 Å². The van der Waals surface area contributed by atoms with Crippen LogP contribution in [0.15, 0.2) is 91.0 Å². The Labute approximate surface area is 480 Å².